The van der Waals surface area contributed by atoms with Gasteiger partial charge in [0.1, 0.15) is 5.60 Å². The zero-order valence-corrected chi connectivity index (χ0v) is 14.8. The fraction of sp³-hybridized carbons (Fsp3) is 0.812. The van der Waals surface area contributed by atoms with Gasteiger partial charge in [0.25, 0.3) is 0 Å². The Labute approximate surface area is 134 Å². The molecule has 0 radical (unpaired) electrons. The number of amides is 1. The number of hydrogen-bond donors (Lipinski definition) is 0. The molecule has 1 fully saturated rings. The number of rotatable bonds is 1. The number of carbonyl (C=O) groups is 1. The molecule has 6 heteroatoms. The number of carbonyl (C=O) groups excluding carboxylic acids is 1. The SMILES string of the molecule is CC(C)(C)OC(=O)N1C=C[C@H](B2OC(C)(C)C(C)(C)O2)CC1. The van der Waals surface area contributed by atoms with Gasteiger partial charge in [0.15, 0.2) is 0 Å². The van der Waals surface area contributed by atoms with Crippen LogP contribution in [0.15, 0.2) is 12.3 Å². The van der Waals surface area contributed by atoms with E-state index in [9.17, 15) is 4.79 Å². The normalized spacial score (nSPS) is 27.1. The van der Waals surface area contributed by atoms with Crippen LogP contribution in [0.4, 0.5) is 4.79 Å². The highest BCUT2D eigenvalue weighted by Gasteiger charge is 2.53. The monoisotopic (exact) mass is 309 g/mol. The lowest BCUT2D eigenvalue weighted by Gasteiger charge is -2.32. The molecule has 0 aromatic carbocycles. The Morgan fingerprint density at radius 2 is 1.77 bits per heavy atom. The lowest BCUT2D eigenvalue weighted by molar-refractivity contribution is 0.00578. The number of hydrogen-bond acceptors (Lipinski definition) is 4. The number of nitrogens with zero attached hydrogens (tertiary/aromatic N) is 1. The summed E-state index contributed by atoms with van der Waals surface area (Å²) >= 11 is 0. The largest absolute Gasteiger partial charge is 0.465 e. The van der Waals surface area contributed by atoms with Crippen LogP contribution in [-0.4, -0.2) is 41.5 Å². The molecule has 22 heavy (non-hydrogen) atoms. The molecule has 1 amide bonds. The Morgan fingerprint density at radius 3 is 2.18 bits per heavy atom. The molecule has 0 aliphatic carbocycles. The first-order chi connectivity index (χ1) is 9.91. The molecule has 0 spiro atoms. The molecule has 1 saturated heterocycles. The molecule has 0 N–H and O–H groups in total. The van der Waals surface area contributed by atoms with Crippen molar-refractivity contribution in [2.24, 2.45) is 0 Å². The molecule has 0 saturated carbocycles. The summed E-state index contributed by atoms with van der Waals surface area (Å²) in [6, 6.07) is 0. The minimum Gasteiger partial charge on any atom is -0.443 e. The van der Waals surface area contributed by atoms with Crippen molar-refractivity contribution >= 4 is 13.2 Å². The van der Waals surface area contributed by atoms with Crippen molar-refractivity contribution in [2.75, 3.05) is 6.54 Å². The molecule has 2 rings (SSSR count). The van der Waals surface area contributed by atoms with E-state index in [1.54, 1.807) is 11.1 Å². The average Bonchev–Trinajstić information content (AvgIpc) is 2.56. The maximum atomic E-state index is 12.0. The van der Waals surface area contributed by atoms with Crippen molar-refractivity contribution in [3.63, 3.8) is 0 Å². The Hall–Kier alpha value is -1.01. The van der Waals surface area contributed by atoms with Crippen LogP contribution in [0.3, 0.4) is 0 Å². The molecule has 124 valence electrons. The van der Waals surface area contributed by atoms with Gasteiger partial charge in [-0.25, -0.2) is 4.79 Å². The summed E-state index contributed by atoms with van der Waals surface area (Å²) in [4.78, 5) is 13.6. The van der Waals surface area contributed by atoms with Crippen molar-refractivity contribution in [1.29, 1.82) is 0 Å². The third-order valence-corrected chi connectivity index (χ3v) is 4.47. The zero-order chi connectivity index (χ0) is 16.8. The van der Waals surface area contributed by atoms with E-state index in [-0.39, 0.29) is 30.2 Å². The van der Waals surface area contributed by atoms with Gasteiger partial charge in [-0.05, 0) is 54.9 Å². The Morgan fingerprint density at radius 1 is 1.23 bits per heavy atom. The van der Waals surface area contributed by atoms with Gasteiger partial charge in [0.05, 0.1) is 11.2 Å². The van der Waals surface area contributed by atoms with E-state index < -0.39 is 5.60 Å². The minimum absolute atomic E-state index is 0.153. The predicted octanol–water partition coefficient (Wildman–Crippen LogP) is 3.60. The molecule has 0 bridgehead atoms. The third-order valence-electron chi connectivity index (χ3n) is 4.47. The Kier molecular flexibility index (Phi) is 4.39. The highest BCUT2D eigenvalue weighted by molar-refractivity contribution is 6.48. The van der Waals surface area contributed by atoms with Crippen LogP contribution in [0.5, 0.6) is 0 Å². The summed E-state index contributed by atoms with van der Waals surface area (Å²) in [5.41, 5.74) is -1.13. The summed E-state index contributed by atoms with van der Waals surface area (Å²) in [7, 11) is -0.262. The van der Waals surface area contributed by atoms with Crippen LogP contribution >= 0.6 is 0 Å². The summed E-state index contributed by atoms with van der Waals surface area (Å²) in [5, 5.41) is 0. The fourth-order valence-electron chi connectivity index (χ4n) is 2.44. The standard InChI is InChI=1S/C16H28BNO4/c1-14(2,3)20-13(19)18-10-8-12(9-11-18)17-21-15(4,5)16(6,7)22-17/h8,10,12H,9,11H2,1-7H3/t12-/m0/s1. The number of ether oxygens (including phenoxy) is 1. The van der Waals surface area contributed by atoms with Crippen LogP contribution in [0.25, 0.3) is 0 Å². The smallest absolute Gasteiger partial charge is 0.443 e. The van der Waals surface area contributed by atoms with E-state index in [4.69, 9.17) is 14.0 Å². The van der Waals surface area contributed by atoms with Crippen molar-refractivity contribution in [2.45, 2.75) is 77.5 Å². The van der Waals surface area contributed by atoms with Gasteiger partial charge in [0, 0.05) is 18.6 Å². The van der Waals surface area contributed by atoms with Gasteiger partial charge < -0.3 is 14.0 Å². The summed E-state index contributed by atoms with van der Waals surface area (Å²) in [6.07, 6.45) is 4.26. The van der Waals surface area contributed by atoms with E-state index in [0.717, 1.165) is 6.42 Å². The van der Waals surface area contributed by atoms with Crippen LogP contribution in [-0.2, 0) is 14.0 Å². The van der Waals surface area contributed by atoms with E-state index in [0.29, 0.717) is 6.54 Å². The first-order valence-corrected chi connectivity index (χ1v) is 7.95. The van der Waals surface area contributed by atoms with E-state index in [2.05, 4.69) is 0 Å². The van der Waals surface area contributed by atoms with Gasteiger partial charge in [-0.2, -0.15) is 0 Å². The molecule has 2 heterocycles. The molecule has 2 aliphatic heterocycles. The molecule has 0 unspecified atom stereocenters. The molecule has 2 aliphatic rings. The van der Waals surface area contributed by atoms with Crippen molar-refractivity contribution < 1.29 is 18.8 Å². The molecular formula is C16H28BNO4. The van der Waals surface area contributed by atoms with Gasteiger partial charge in [0.2, 0.25) is 0 Å². The lowest BCUT2D eigenvalue weighted by atomic mass is 9.69. The predicted molar refractivity (Wildman–Crippen MR) is 86.5 cm³/mol. The molecule has 5 nitrogen and oxygen atoms in total. The van der Waals surface area contributed by atoms with Crippen LogP contribution in [0.1, 0.15) is 54.9 Å². The second-order valence-electron chi connectivity index (χ2n) is 8.09. The Bertz CT molecular complexity index is 451. The average molecular weight is 309 g/mol. The van der Waals surface area contributed by atoms with Crippen molar-refractivity contribution in [3.8, 4) is 0 Å². The molecule has 1 atom stereocenters. The summed E-state index contributed by atoms with van der Waals surface area (Å²) < 4.78 is 17.5. The van der Waals surface area contributed by atoms with Crippen molar-refractivity contribution in [1.82, 2.24) is 4.90 Å². The third kappa shape index (κ3) is 3.66. The van der Waals surface area contributed by atoms with E-state index >= 15 is 0 Å². The fourth-order valence-corrected chi connectivity index (χ4v) is 2.44. The topological polar surface area (TPSA) is 48.0 Å². The zero-order valence-electron chi connectivity index (χ0n) is 14.8. The van der Waals surface area contributed by atoms with E-state index in [1.807, 2.05) is 54.5 Å². The first kappa shape index (κ1) is 17.4. The van der Waals surface area contributed by atoms with Crippen LogP contribution < -0.4 is 0 Å². The maximum absolute atomic E-state index is 12.0. The van der Waals surface area contributed by atoms with Gasteiger partial charge in [-0.3, -0.25) is 4.90 Å². The Balaban J connectivity index is 1.97. The lowest BCUT2D eigenvalue weighted by Crippen LogP contribution is -2.41. The molecular weight excluding hydrogens is 281 g/mol. The van der Waals surface area contributed by atoms with Crippen LogP contribution in [0.2, 0.25) is 5.82 Å². The minimum atomic E-state index is -0.479. The number of allylic oxidation sites excluding steroid dienone is 1. The van der Waals surface area contributed by atoms with Gasteiger partial charge in [-0.1, -0.05) is 6.08 Å². The van der Waals surface area contributed by atoms with Crippen LogP contribution in [0, 0.1) is 0 Å². The van der Waals surface area contributed by atoms with Gasteiger partial charge >= 0.3 is 13.2 Å². The van der Waals surface area contributed by atoms with Gasteiger partial charge in [-0.15, -0.1) is 0 Å². The second kappa shape index (κ2) is 5.57. The molecule has 0 aromatic heterocycles. The van der Waals surface area contributed by atoms with E-state index in [1.165, 1.54) is 0 Å². The summed E-state index contributed by atoms with van der Waals surface area (Å²) in [6.45, 7) is 14.4. The second-order valence-corrected chi connectivity index (χ2v) is 8.09. The quantitative estimate of drug-likeness (QED) is 0.694. The highest BCUT2D eigenvalue weighted by atomic mass is 16.7. The first-order valence-electron chi connectivity index (χ1n) is 7.95. The van der Waals surface area contributed by atoms with Crippen molar-refractivity contribution in [3.05, 3.63) is 12.3 Å². The molecule has 0 aromatic rings. The maximum Gasteiger partial charge on any atom is 0.465 e. The summed E-state index contributed by atoms with van der Waals surface area (Å²) in [5.74, 6) is 0.153. The highest BCUT2D eigenvalue weighted by Crippen LogP contribution is 2.41.